The van der Waals surface area contributed by atoms with Gasteiger partial charge in [-0.3, -0.25) is 0 Å². The molecule has 0 spiro atoms. The standard InChI is InChI=1S/C6H4ClF3N2/c7-5-2-1-4(11-8)3-6(5)12(9)10/h1-3,11H. The van der Waals surface area contributed by atoms with Crippen LogP contribution in [0.15, 0.2) is 18.2 Å². The number of anilines is 2. The molecular weight excluding hydrogens is 193 g/mol. The van der Waals surface area contributed by atoms with Gasteiger partial charge in [0.25, 0.3) is 0 Å². The monoisotopic (exact) mass is 196 g/mol. The molecule has 66 valence electrons. The lowest BCUT2D eigenvalue weighted by Crippen LogP contribution is -1.97. The maximum absolute atomic E-state index is 11.9. The van der Waals surface area contributed by atoms with Crippen molar-refractivity contribution in [2.45, 2.75) is 0 Å². The molecule has 0 fully saturated rings. The first-order valence-electron chi connectivity index (χ1n) is 2.93. The van der Waals surface area contributed by atoms with Crippen LogP contribution in [0.5, 0.6) is 0 Å². The second kappa shape index (κ2) is 3.53. The van der Waals surface area contributed by atoms with Gasteiger partial charge >= 0.3 is 0 Å². The van der Waals surface area contributed by atoms with Gasteiger partial charge in [0.05, 0.1) is 10.7 Å². The Morgan fingerprint density at radius 3 is 2.50 bits per heavy atom. The zero-order chi connectivity index (χ0) is 9.14. The fourth-order valence-corrected chi connectivity index (χ4v) is 0.882. The van der Waals surface area contributed by atoms with Gasteiger partial charge in [0.1, 0.15) is 5.69 Å². The predicted octanol–water partition coefficient (Wildman–Crippen LogP) is 3.21. The molecular formula is C6H4ClF3N2. The zero-order valence-corrected chi connectivity index (χ0v) is 6.45. The van der Waals surface area contributed by atoms with Gasteiger partial charge in [-0.15, -0.1) is 4.48 Å². The Bertz CT molecular complexity index is 279. The summed E-state index contributed by atoms with van der Waals surface area (Å²) >= 11 is 5.38. The van der Waals surface area contributed by atoms with Crippen LogP contribution < -0.4 is 10.9 Å². The average molecular weight is 197 g/mol. The molecule has 0 bridgehead atoms. The third kappa shape index (κ3) is 1.73. The van der Waals surface area contributed by atoms with Crippen LogP contribution in [-0.4, -0.2) is 0 Å². The highest BCUT2D eigenvalue weighted by Gasteiger charge is 2.09. The predicted molar refractivity (Wildman–Crippen MR) is 40.9 cm³/mol. The van der Waals surface area contributed by atoms with E-state index in [0.29, 0.717) is 0 Å². The first-order valence-corrected chi connectivity index (χ1v) is 3.31. The van der Waals surface area contributed by atoms with Crippen LogP contribution in [0, 0.1) is 0 Å². The van der Waals surface area contributed by atoms with E-state index >= 15 is 0 Å². The molecule has 2 nitrogen and oxygen atoms in total. The van der Waals surface area contributed by atoms with Gasteiger partial charge in [0, 0.05) is 0 Å². The van der Waals surface area contributed by atoms with E-state index in [4.69, 9.17) is 11.6 Å². The van der Waals surface area contributed by atoms with Crippen LogP contribution in [0.1, 0.15) is 0 Å². The smallest absolute Gasteiger partial charge is 0.126 e. The Labute approximate surface area is 71.3 Å². The van der Waals surface area contributed by atoms with Gasteiger partial charge in [0.15, 0.2) is 0 Å². The lowest BCUT2D eigenvalue weighted by molar-refractivity contribution is 0.235. The molecule has 0 aliphatic heterocycles. The van der Waals surface area contributed by atoms with Gasteiger partial charge in [0.2, 0.25) is 0 Å². The van der Waals surface area contributed by atoms with Gasteiger partial charge in [-0.05, 0) is 23.5 Å². The molecule has 0 aliphatic rings. The quantitative estimate of drug-likeness (QED) is 0.731. The van der Waals surface area contributed by atoms with E-state index in [0.717, 1.165) is 6.07 Å². The van der Waals surface area contributed by atoms with Crippen LogP contribution in [0.25, 0.3) is 0 Å². The minimum atomic E-state index is -1.18. The molecule has 0 aliphatic carbocycles. The van der Waals surface area contributed by atoms with Crippen molar-refractivity contribution in [1.82, 2.24) is 0 Å². The molecule has 0 aromatic heterocycles. The molecule has 0 saturated heterocycles. The summed E-state index contributed by atoms with van der Waals surface area (Å²) in [5.41, 5.74) is 0.614. The van der Waals surface area contributed by atoms with E-state index in [-0.39, 0.29) is 10.7 Å². The van der Waals surface area contributed by atoms with Crippen molar-refractivity contribution in [3.05, 3.63) is 23.2 Å². The van der Waals surface area contributed by atoms with Gasteiger partial charge in [-0.2, -0.15) is 0 Å². The SMILES string of the molecule is FNc1ccc(Cl)c(N(F)F)c1. The van der Waals surface area contributed by atoms with Crippen LogP contribution in [0.3, 0.4) is 0 Å². The maximum Gasteiger partial charge on any atom is 0.126 e. The Morgan fingerprint density at radius 1 is 1.33 bits per heavy atom. The normalized spacial score (nSPS) is 9.67. The Balaban J connectivity index is 3.08. The van der Waals surface area contributed by atoms with Crippen LogP contribution >= 0.6 is 11.6 Å². The minimum Gasteiger partial charge on any atom is -0.224 e. The van der Waals surface area contributed by atoms with E-state index in [1.54, 1.807) is 0 Å². The van der Waals surface area contributed by atoms with Crippen molar-refractivity contribution in [1.29, 1.82) is 0 Å². The molecule has 0 radical (unpaired) electrons. The number of nitrogens with zero attached hydrogens (tertiary/aromatic N) is 1. The lowest BCUT2D eigenvalue weighted by atomic mass is 10.3. The Morgan fingerprint density at radius 2 is 2.00 bits per heavy atom. The topological polar surface area (TPSA) is 15.3 Å². The fraction of sp³-hybridized carbons (Fsp3) is 0. The maximum atomic E-state index is 11.9. The van der Waals surface area contributed by atoms with Crippen molar-refractivity contribution in [3.63, 3.8) is 0 Å². The van der Waals surface area contributed by atoms with Crippen LogP contribution in [0.2, 0.25) is 5.02 Å². The number of hydrogen-bond donors (Lipinski definition) is 1. The molecule has 0 atom stereocenters. The summed E-state index contributed by atoms with van der Waals surface area (Å²) in [5.74, 6) is 0. The van der Waals surface area contributed by atoms with Crippen molar-refractivity contribution >= 4 is 23.0 Å². The van der Waals surface area contributed by atoms with Crippen LogP contribution in [0.4, 0.5) is 24.8 Å². The molecule has 1 aromatic carbocycles. The van der Waals surface area contributed by atoms with Crippen molar-refractivity contribution in [3.8, 4) is 0 Å². The number of rotatable bonds is 2. The molecule has 1 N–H and O–H groups in total. The van der Waals surface area contributed by atoms with Crippen LogP contribution in [-0.2, 0) is 0 Å². The van der Waals surface area contributed by atoms with E-state index in [9.17, 15) is 13.4 Å². The highest BCUT2D eigenvalue weighted by Crippen LogP contribution is 2.29. The van der Waals surface area contributed by atoms with Crippen molar-refractivity contribution in [2.75, 3.05) is 10.9 Å². The molecule has 0 heterocycles. The highest BCUT2D eigenvalue weighted by molar-refractivity contribution is 6.33. The van der Waals surface area contributed by atoms with Gasteiger partial charge in [-0.25, -0.2) is 5.54 Å². The molecule has 0 amide bonds. The van der Waals surface area contributed by atoms with E-state index in [1.807, 2.05) is 0 Å². The first kappa shape index (κ1) is 8.99. The first-order chi connectivity index (χ1) is 5.65. The summed E-state index contributed by atoms with van der Waals surface area (Å²) in [5, 5.41) is -1.32. The lowest BCUT2D eigenvalue weighted by Gasteiger charge is -2.05. The summed E-state index contributed by atoms with van der Waals surface area (Å²) in [6, 6.07) is 3.31. The minimum absolute atomic E-state index is 0.0744. The van der Waals surface area contributed by atoms with E-state index in [2.05, 4.69) is 0 Å². The highest BCUT2D eigenvalue weighted by atomic mass is 35.5. The third-order valence-corrected chi connectivity index (χ3v) is 1.56. The number of benzene rings is 1. The summed E-state index contributed by atoms with van der Waals surface area (Å²) < 4.78 is 35.6. The second-order valence-corrected chi connectivity index (χ2v) is 2.40. The summed E-state index contributed by atoms with van der Waals surface area (Å²) in [6.45, 7) is 0. The van der Waals surface area contributed by atoms with Gasteiger partial charge < -0.3 is 0 Å². The largest absolute Gasteiger partial charge is 0.224 e. The summed E-state index contributed by atoms with van der Waals surface area (Å²) in [7, 11) is 0. The third-order valence-electron chi connectivity index (χ3n) is 1.24. The number of hydrogen-bond acceptors (Lipinski definition) is 2. The molecule has 6 heteroatoms. The van der Waals surface area contributed by atoms with Gasteiger partial charge in [-0.1, -0.05) is 20.6 Å². The Hall–Kier alpha value is -1.10. The van der Waals surface area contributed by atoms with E-state index < -0.39 is 11.0 Å². The van der Waals surface area contributed by atoms with Crippen molar-refractivity contribution < 1.29 is 13.4 Å². The fourth-order valence-electron chi connectivity index (χ4n) is 0.701. The molecule has 1 rings (SSSR count). The molecule has 0 unspecified atom stereocenters. The number of halogens is 4. The summed E-state index contributed by atoms with van der Waals surface area (Å²) in [4.78, 5) is 0. The molecule has 1 aromatic rings. The second-order valence-electron chi connectivity index (χ2n) is 1.99. The zero-order valence-electron chi connectivity index (χ0n) is 5.69. The molecule has 0 saturated carbocycles. The number of nitrogens with one attached hydrogen (secondary N) is 1. The Kier molecular flexibility index (Phi) is 2.65. The van der Waals surface area contributed by atoms with Crippen molar-refractivity contribution in [2.24, 2.45) is 0 Å². The van der Waals surface area contributed by atoms with E-state index in [1.165, 1.54) is 17.7 Å². The average Bonchev–Trinajstić information content (AvgIpc) is 2.05. The summed E-state index contributed by atoms with van der Waals surface area (Å²) in [6.07, 6.45) is 0. The molecule has 12 heavy (non-hydrogen) atoms.